The number of hydrogen-bond donors (Lipinski definition) is 0. The van der Waals surface area contributed by atoms with Crippen molar-refractivity contribution >= 4 is 0 Å². The van der Waals surface area contributed by atoms with E-state index in [9.17, 15) is 0 Å². The van der Waals surface area contributed by atoms with E-state index in [4.69, 9.17) is 0 Å². The van der Waals surface area contributed by atoms with Crippen LogP contribution in [-0.4, -0.2) is 19.0 Å². The first-order chi connectivity index (χ1) is 4.22. The molecule has 0 aliphatic carbocycles. The maximum absolute atomic E-state index is 3.63. The van der Waals surface area contributed by atoms with E-state index in [0.29, 0.717) is 0 Å². The van der Waals surface area contributed by atoms with Gasteiger partial charge in [-0.15, -0.1) is 0 Å². The van der Waals surface area contributed by atoms with Crippen molar-refractivity contribution in [1.82, 2.24) is 4.90 Å². The molecule has 0 atom stereocenters. The van der Waals surface area contributed by atoms with Gasteiger partial charge in [0.15, 0.2) is 0 Å². The monoisotopic (exact) mass is 125 g/mol. The normalized spacial score (nSPS) is 11.2. The lowest BCUT2D eigenvalue weighted by Gasteiger charge is -2.14. The van der Waals surface area contributed by atoms with E-state index in [-0.39, 0.29) is 0 Å². The molecule has 0 aromatic rings. The molecule has 0 saturated heterocycles. The van der Waals surface area contributed by atoms with E-state index in [1.807, 2.05) is 26.2 Å². The van der Waals surface area contributed by atoms with Crippen molar-refractivity contribution in [3.8, 4) is 0 Å². The third-order valence-corrected chi connectivity index (χ3v) is 1.25. The molecular formula is C8H15N. The van der Waals surface area contributed by atoms with E-state index in [2.05, 4.69) is 18.4 Å². The van der Waals surface area contributed by atoms with Crippen molar-refractivity contribution in [1.29, 1.82) is 0 Å². The molecule has 0 fully saturated rings. The van der Waals surface area contributed by atoms with Crippen LogP contribution in [0.25, 0.3) is 0 Å². The summed E-state index contributed by atoms with van der Waals surface area (Å²) in [4.78, 5) is 2.10. The van der Waals surface area contributed by atoms with Crippen molar-refractivity contribution in [2.24, 2.45) is 0 Å². The standard InChI is InChI=1S/C8H15N/c1-5-7-8(6-2)9(3)4/h5,7H,1,6H2,2-4H3/b8-7+. The summed E-state index contributed by atoms with van der Waals surface area (Å²) in [5.74, 6) is 0. The minimum absolute atomic E-state index is 1.07. The highest BCUT2D eigenvalue weighted by atomic mass is 15.1. The van der Waals surface area contributed by atoms with Crippen molar-refractivity contribution in [3.63, 3.8) is 0 Å². The number of hydrogen-bond acceptors (Lipinski definition) is 1. The van der Waals surface area contributed by atoms with Crippen LogP contribution in [0.4, 0.5) is 0 Å². The summed E-state index contributed by atoms with van der Waals surface area (Å²) in [5, 5.41) is 0. The molecule has 9 heavy (non-hydrogen) atoms. The van der Waals surface area contributed by atoms with Crippen LogP contribution >= 0.6 is 0 Å². The largest absolute Gasteiger partial charge is 0.381 e. The minimum atomic E-state index is 1.07. The second-order valence-electron chi connectivity index (χ2n) is 2.14. The quantitative estimate of drug-likeness (QED) is 0.522. The number of nitrogens with zero attached hydrogens (tertiary/aromatic N) is 1. The average molecular weight is 125 g/mol. The Balaban J connectivity index is 3.96. The number of rotatable bonds is 3. The molecule has 0 saturated carbocycles. The SMILES string of the molecule is C=C/C=C(\CC)N(C)C. The summed E-state index contributed by atoms with van der Waals surface area (Å²) in [6, 6.07) is 0. The van der Waals surface area contributed by atoms with Crippen molar-refractivity contribution in [2.75, 3.05) is 14.1 Å². The smallest absolute Gasteiger partial charge is 0.0124 e. The fourth-order valence-electron chi connectivity index (χ4n) is 0.719. The van der Waals surface area contributed by atoms with Gasteiger partial charge >= 0.3 is 0 Å². The molecule has 52 valence electrons. The summed E-state index contributed by atoms with van der Waals surface area (Å²) < 4.78 is 0. The van der Waals surface area contributed by atoms with Gasteiger partial charge < -0.3 is 4.90 Å². The highest BCUT2D eigenvalue weighted by Gasteiger charge is 1.91. The van der Waals surface area contributed by atoms with Crippen LogP contribution in [-0.2, 0) is 0 Å². The molecule has 0 radical (unpaired) electrons. The zero-order valence-corrected chi connectivity index (χ0v) is 6.52. The fourth-order valence-corrected chi connectivity index (χ4v) is 0.719. The van der Waals surface area contributed by atoms with Crippen LogP contribution in [0.5, 0.6) is 0 Å². The first-order valence-corrected chi connectivity index (χ1v) is 3.21. The van der Waals surface area contributed by atoms with Gasteiger partial charge in [0.2, 0.25) is 0 Å². The van der Waals surface area contributed by atoms with Crippen LogP contribution in [0.3, 0.4) is 0 Å². The molecule has 0 aliphatic rings. The first kappa shape index (κ1) is 8.28. The molecule has 0 N–H and O–H groups in total. The van der Waals surface area contributed by atoms with Gasteiger partial charge in [-0.1, -0.05) is 19.6 Å². The van der Waals surface area contributed by atoms with Crippen LogP contribution in [0.15, 0.2) is 24.4 Å². The molecule has 0 aliphatic heterocycles. The Labute approximate surface area is 57.7 Å². The van der Waals surface area contributed by atoms with E-state index >= 15 is 0 Å². The third kappa shape index (κ3) is 2.96. The zero-order valence-electron chi connectivity index (χ0n) is 6.52. The van der Waals surface area contributed by atoms with E-state index < -0.39 is 0 Å². The molecule has 0 rings (SSSR count). The molecule has 0 aromatic carbocycles. The second-order valence-corrected chi connectivity index (χ2v) is 2.14. The fraction of sp³-hybridized carbons (Fsp3) is 0.500. The highest BCUT2D eigenvalue weighted by Crippen LogP contribution is 2.02. The summed E-state index contributed by atoms with van der Waals surface area (Å²) in [5.41, 5.74) is 1.31. The van der Waals surface area contributed by atoms with Gasteiger partial charge in [0.25, 0.3) is 0 Å². The molecule has 0 bridgehead atoms. The number of allylic oxidation sites excluding steroid dienone is 3. The predicted octanol–water partition coefficient (Wildman–Crippen LogP) is 2.03. The molecule has 1 heteroatoms. The van der Waals surface area contributed by atoms with Crippen LogP contribution < -0.4 is 0 Å². The summed E-state index contributed by atoms with van der Waals surface area (Å²) in [6.07, 6.45) is 4.91. The maximum Gasteiger partial charge on any atom is 0.0124 e. The lowest BCUT2D eigenvalue weighted by molar-refractivity contribution is 0.494. The van der Waals surface area contributed by atoms with E-state index in [1.54, 1.807) is 0 Å². The Morgan fingerprint density at radius 1 is 1.56 bits per heavy atom. The Bertz CT molecular complexity index is 112. The zero-order chi connectivity index (χ0) is 7.28. The maximum atomic E-state index is 3.63. The van der Waals surface area contributed by atoms with Gasteiger partial charge in [0.1, 0.15) is 0 Å². The summed E-state index contributed by atoms with van der Waals surface area (Å²) in [6.45, 7) is 5.76. The molecular weight excluding hydrogens is 110 g/mol. The van der Waals surface area contributed by atoms with Gasteiger partial charge in [-0.3, -0.25) is 0 Å². The van der Waals surface area contributed by atoms with E-state index in [1.165, 1.54) is 5.70 Å². The average Bonchev–Trinajstić information content (AvgIpc) is 1.82. The minimum Gasteiger partial charge on any atom is -0.381 e. The Hall–Kier alpha value is -0.720. The summed E-state index contributed by atoms with van der Waals surface area (Å²) >= 11 is 0. The Morgan fingerprint density at radius 3 is 2.22 bits per heavy atom. The molecule has 0 amide bonds. The molecule has 0 spiro atoms. The molecule has 1 nitrogen and oxygen atoms in total. The van der Waals surface area contributed by atoms with Crippen LogP contribution in [0.1, 0.15) is 13.3 Å². The highest BCUT2D eigenvalue weighted by molar-refractivity contribution is 5.07. The van der Waals surface area contributed by atoms with Gasteiger partial charge in [0.05, 0.1) is 0 Å². The van der Waals surface area contributed by atoms with Gasteiger partial charge in [0, 0.05) is 19.8 Å². The van der Waals surface area contributed by atoms with Crippen molar-refractivity contribution < 1.29 is 0 Å². The second kappa shape index (κ2) is 4.19. The van der Waals surface area contributed by atoms with Gasteiger partial charge in [-0.25, -0.2) is 0 Å². The third-order valence-electron chi connectivity index (χ3n) is 1.25. The lowest BCUT2D eigenvalue weighted by atomic mass is 10.3. The van der Waals surface area contributed by atoms with Gasteiger partial charge in [-0.2, -0.15) is 0 Å². The topological polar surface area (TPSA) is 3.24 Å². The van der Waals surface area contributed by atoms with Crippen molar-refractivity contribution in [2.45, 2.75) is 13.3 Å². The van der Waals surface area contributed by atoms with Crippen molar-refractivity contribution in [3.05, 3.63) is 24.4 Å². The summed E-state index contributed by atoms with van der Waals surface area (Å²) in [7, 11) is 4.08. The van der Waals surface area contributed by atoms with Gasteiger partial charge in [-0.05, 0) is 12.5 Å². The van der Waals surface area contributed by atoms with Crippen LogP contribution in [0.2, 0.25) is 0 Å². The lowest BCUT2D eigenvalue weighted by Crippen LogP contribution is -2.09. The Kier molecular flexibility index (Phi) is 3.85. The molecule has 0 unspecified atom stereocenters. The molecule has 0 heterocycles. The first-order valence-electron chi connectivity index (χ1n) is 3.21. The van der Waals surface area contributed by atoms with E-state index in [0.717, 1.165) is 6.42 Å². The molecule has 0 aromatic heterocycles. The Morgan fingerprint density at radius 2 is 2.11 bits per heavy atom. The van der Waals surface area contributed by atoms with Crippen LogP contribution in [0, 0.1) is 0 Å². The predicted molar refractivity (Wildman–Crippen MR) is 42.3 cm³/mol.